The van der Waals surface area contributed by atoms with Crippen LogP contribution in [0.5, 0.6) is 0 Å². The van der Waals surface area contributed by atoms with Crippen LogP contribution in [0.15, 0.2) is 36.9 Å². The molecule has 4 heteroatoms. The second kappa shape index (κ2) is 6.63. The molecule has 0 spiro atoms. The van der Waals surface area contributed by atoms with Crippen molar-refractivity contribution in [1.82, 2.24) is 14.9 Å². The number of pyridine rings is 1. The van der Waals surface area contributed by atoms with Crippen LogP contribution in [0.4, 0.5) is 0 Å². The Hall–Kier alpha value is -1.32. The third-order valence-electron chi connectivity index (χ3n) is 4.05. The fraction of sp³-hybridized carbons (Fsp3) is 0.471. The van der Waals surface area contributed by atoms with E-state index in [1.165, 1.54) is 24.8 Å². The van der Waals surface area contributed by atoms with E-state index in [0.29, 0.717) is 6.04 Å². The minimum absolute atomic E-state index is 0.513. The Bertz CT molecular complexity index is 589. The van der Waals surface area contributed by atoms with Gasteiger partial charge in [0.2, 0.25) is 0 Å². The Morgan fingerprint density at radius 2 is 2.29 bits per heavy atom. The maximum absolute atomic E-state index is 6.18. The second-order valence-electron chi connectivity index (χ2n) is 5.85. The third-order valence-corrected chi connectivity index (χ3v) is 4.39. The molecule has 0 aliphatic heterocycles. The number of hydrogen-bond acceptors (Lipinski definition) is 2. The summed E-state index contributed by atoms with van der Waals surface area (Å²) in [6.07, 6.45) is 11.8. The van der Waals surface area contributed by atoms with Crippen molar-refractivity contribution in [3.8, 4) is 0 Å². The van der Waals surface area contributed by atoms with Crippen LogP contribution < -0.4 is 5.32 Å². The first-order valence-electron chi connectivity index (χ1n) is 7.75. The average molecular weight is 304 g/mol. The molecule has 3 nitrogen and oxygen atoms in total. The summed E-state index contributed by atoms with van der Waals surface area (Å²) in [6.45, 7) is 4.10. The molecule has 0 radical (unpaired) electrons. The largest absolute Gasteiger partial charge is 0.350 e. The van der Waals surface area contributed by atoms with Gasteiger partial charge in [-0.1, -0.05) is 18.5 Å². The maximum Gasteiger partial charge on any atom is 0.0639 e. The summed E-state index contributed by atoms with van der Waals surface area (Å²) >= 11 is 6.18. The van der Waals surface area contributed by atoms with Crippen molar-refractivity contribution < 1.29 is 0 Å². The molecule has 2 heterocycles. The zero-order chi connectivity index (χ0) is 14.7. The molecule has 1 atom stereocenters. The topological polar surface area (TPSA) is 29.9 Å². The van der Waals surface area contributed by atoms with Crippen LogP contribution in [0.3, 0.4) is 0 Å². The molecule has 0 amide bonds. The molecular weight excluding hydrogens is 282 g/mol. The fourth-order valence-corrected chi connectivity index (χ4v) is 2.94. The lowest BCUT2D eigenvalue weighted by molar-refractivity contribution is 0.480. The lowest BCUT2D eigenvalue weighted by Crippen LogP contribution is -2.23. The van der Waals surface area contributed by atoms with Crippen LogP contribution in [-0.2, 0) is 6.54 Å². The van der Waals surface area contributed by atoms with Gasteiger partial charge in [-0.05, 0) is 55.0 Å². The molecule has 0 saturated heterocycles. The molecule has 3 rings (SSSR count). The van der Waals surface area contributed by atoms with E-state index in [2.05, 4.69) is 40.3 Å². The van der Waals surface area contributed by atoms with Gasteiger partial charge in [0.1, 0.15) is 0 Å². The van der Waals surface area contributed by atoms with Gasteiger partial charge in [0.15, 0.2) is 0 Å². The number of nitrogens with zero attached hydrogens (tertiary/aromatic N) is 2. The van der Waals surface area contributed by atoms with E-state index in [-0.39, 0.29) is 0 Å². The summed E-state index contributed by atoms with van der Waals surface area (Å²) < 4.78 is 2.21. The minimum Gasteiger partial charge on any atom is -0.350 e. The maximum atomic E-state index is 6.18. The second-order valence-corrected chi connectivity index (χ2v) is 6.26. The standard InChI is InChI=1S/C17H22ClN3/c1-2-7-20-17(13-3-4-13)15-6-9-21(12-15)11-14-5-8-19-10-16(14)18/h5-6,8-10,12-13,17,20H,2-4,7,11H2,1H3. The molecule has 21 heavy (non-hydrogen) atoms. The van der Waals surface area contributed by atoms with E-state index >= 15 is 0 Å². The Balaban J connectivity index is 1.71. The van der Waals surface area contributed by atoms with E-state index in [4.69, 9.17) is 11.6 Å². The molecule has 1 N–H and O–H groups in total. The smallest absolute Gasteiger partial charge is 0.0639 e. The van der Waals surface area contributed by atoms with Gasteiger partial charge in [0.05, 0.1) is 5.02 Å². The predicted molar refractivity (Wildman–Crippen MR) is 86.5 cm³/mol. The number of aromatic nitrogens is 2. The molecule has 1 fully saturated rings. The van der Waals surface area contributed by atoms with Crippen molar-refractivity contribution in [2.45, 2.75) is 38.8 Å². The summed E-state index contributed by atoms with van der Waals surface area (Å²) in [4.78, 5) is 4.03. The van der Waals surface area contributed by atoms with Gasteiger partial charge in [-0.2, -0.15) is 0 Å². The zero-order valence-electron chi connectivity index (χ0n) is 12.4. The molecule has 0 bridgehead atoms. The third kappa shape index (κ3) is 3.66. The highest BCUT2D eigenvalue weighted by Crippen LogP contribution is 2.41. The molecule has 1 aliphatic rings. The minimum atomic E-state index is 0.513. The lowest BCUT2D eigenvalue weighted by Gasteiger charge is -2.16. The normalized spacial score (nSPS) is 16.1. The van der Waals surface area contributed by atoms with Crippen molar-refractivity contribution in [2.75, 3.05) is 6.54 Å². The fourth-order valence-electron chi connectivity index (χ4n) is 2.76. The van der Waals surface area contributed by atoms with Gasteiger partial charge in [0, 0.05) is 37.4 Å². The van der Waals surface area contributed by atoms with Gasteiger partial charge in [-0.3, -0.25) is 4.98 Å². The summed E-state index contributed by atoms with van der Waals surface area (Å²) in [5, 5.41) is 4.42. The molecule has 1 saturated carbocycles. The first-order valence-corrected chi connectivity index (χ1v) is 8.13. The number of halogens is 1. The van der Waals surface area contributed by atoms with Crippen molar-refractivity contribution in [1.29, 1.82) is 0 Å². The van der Waals surface area contributed by atoms with Crippen molar-refractivity contribution >= 4 is 11.6 Å². The van der Waals surface area contributed by atoms with E-state index in [1.54, 1.807) is 12.4 Å². The molecule has 112 valence electrons. The molecule has 1 aliphatic carbocycles. The van der Waals surface area contributed by atoms with Crippen LogP contribution in [0.2, 0.25) is 5.02 Å². The highest BCUT2D eigenvalue weighted by atomic mass is 35.5. The van der Waals surface area contributed by atoms with Gasteiger partial charge in [0.25, 0.3) is 0 Å². The average Bonchev–Trinajstić information content (AvgIpc) is 3.22. The first kappa shape index (κ1) is 14.6. The Labute approximate surface area is 131 Å². The van der Waals surface area contributed by atoms with Crippen LogP contribution in [0, 0.1) is 5.92 Å². The predicted octanol–water partition coefficient (Wildman–Crippen LogP) is 4.04. The van der Waals surface area contributed by atoms with Crippen LogP contribution in [0.1, 0.15) is 43.4 Å². The Kier molecular flexibility index (Phi) is 4.61. The monoisotopic (exact) mass is 303 g/mol. The number of nitrogens with one attached hydrogen (secondary N) is 1. The van der Waals surface area contributed by atoms with E-state index < -0.39 is 0 Å². The summed E-state index contributed by atoms with van der Waals surface area (Å²) in [6, 6.07) is 4.73. The lowest BCUT2D eigenvalue weighted by atomic mass is 10.1. The molecule has 1 unspecified atom stereocenters. The van der Waals surface area contributed by atoms with E-state index in [1.807, 2.05) is 6.07 Å². The van der Waals surface area contributed by atoms with Gasteiger partial charge in [-0.25, -0.2) is 0 Å². The van der Waals surface area contributed by atoms with Gasteiger partial charge < -0.3 is 9.88 Å². The number of hydrogen-bond donors (Lipinski definition) is 1. The first-order chi connectivity index (χ1) is 10.3. The van der Waals surface area contributed by atoms with Crippen molar-refractivity contribution in [3.63, 3.8) is 0 Å². The summed E-state index contributed by atoms with van der Waals surface area (Å²) in [5.41, 5.74) is 2.51. The quantitative estimate of drug-likeness (QED) is 0.837. The van der Waals surface area contributed by atoms with E-state index in [0.717, 1.165) is 29.6 Å². The highest BCUT2D eigenvalue weighted by molar-refractivity contribution is 6.31. The van der Waals surface area contributed by atoms with Crippen molar-refractivity contribution in [2.24, 2.45) is 5.92 Å². The van der Waals surface area contributed by atoms with Crippen LogP contribution in [-0.4, -0.2) is 16.1 Å². The van der Waals surface area contributed by atoms with Crippen LogP contribution >= 0.6 is 11.6 Å². The van der Waals surface area contributed by atoms with Crippen molar-refractivity contribution in [3.05, 3.63) is 53.1 Å². The zero-order valence-corrected chi connectivity index (χ0v) is 13.2. The molecule has 2 aromatic heterocycles. The molecular formula is C17H22ClN3. The summed E-state index contributed by atoms with van der Waals surface area (Å²) in [7, 11) is 0. The van der Waals surface area contributed by atoms with Gasteiger partial charge in [-0.15, -0.1) is 0 Å². The molecule has 2 aromatic rings. The summed E-state index contributed by atoms with van der Waals surface area (Å²) in [5.74, 6) is 0.817. The van der Waals surface area contributed by atoms with Gasteiger partial charge >= 0.3 is 0 Å². The van der Waals surface area contributed by atoms with E-state index in [9.17, 15) is 0 Å². The van der Waals surface area contributed by atoms with Crippen LogP contribution in [0.25, 0.3) is 0 Å². The number of rotatable bonds is 7. The molecule has 0 aromatic carbocycles. The Morgan fingerprint density at radius 3 is 3.00 bits per heavy atom. The highest BCUT2D eigenvalue weighted by Gasteiger charge is 2.32. The SMILES string of the molecule is CCCNC(c1ccn(Cc2ccncc2Cl)c1)C1CC1. The Morgan fingerprint density at radius 1 is 1.43 bits per heavy atom.